The molecule has 0 spiro atoms. The summed E-state index contributed by atoms with van der Waals surface area (Å²) in [5.41, 5.74) is 12.2. The van der Waals surface area contributed by atoms with Crippen LogP contribution in [-0.4, -0.2) is 7.11 Å². The Labute approximate surface area is 129 Å². The van der Waals surface area contributed by atoms with E-state index in [0.29, 0.717) is 0 Å². The summed E-state index contributed by atoms with van der Waals surface area (Å²) in [4.78, 5) is 0. The average Bonchev–Trinajstić information content (AvgIpc) is 2.39. The number of hydrogen-bond donors (Lipinski definition) is 1. The Bertz CT molecular complexity index is 617. The van der Waals surface area contributed by atoms with Crippen LogP contribution in [0.1, 0.15) is 33.9 Å². The second-order valence-electron chi connectivity index (χ2n) is 5.22. The van der Waals surface area contributed by atoms with Gasteiger partial charge in [0.05, 0.1) is 13.2 Å². The smallest absolute Gasteiger partial charge is 0.122 e. The largest absolute Gasteiger partial charge is 0.496 e. The number of rotatable bonds is 3. The number of benzene rings is 2. The fourth-order valence-corrected chi connectivity index (χ4v) is 3.12. The molecule has 2 aromatic carbocycles. The Hall–Kier alpha value is -1.32. The van der Waals surface area contributed by atoms with Crippen molar-refractivity contribution in [2.75, 3.05) is 7.11 Å². The number of methoxy groups -OCH3 is 1. The fraction of sp³-hybridized carbons (Fsp3) is 0.294. The molecule has 1 atom stereocenters. The summed E-state index contributed by atoms with van der Waals surface area (Å²) in [7, 11) is 1.69. The second-order valence-corrected chi connectivity index (χ2v) is 6.13. The highest BCUT2D eigenvalue weighted by molar-refractivity contribution is 9.10. The number of ether oxygens (including phenoxy) is 1. The maximum Gasteiger partial charge on any atom is 0.122 e. The molecule has 0 bridgehead atoms. The minimum absolute atomic E-state index is 0.129. The minimum atomic E-state index is -0.129. The van der Waals surface area contributed by atoms with Crippen LogP contribution in [0.5, 0.6) is 5.75 Å². The van der Waals surface area contributed by atoms with Crippen LogP contribution in [0.3, 0.4) is 0 Å². The standard InChI is InChI=1S/C17H20BrNO/c1-10-5-13(9-14(18)6-10)17(19)15-7-12(3)16(20-4)8-11(15)2/h5-9,17H,19H2,1-4H3. The van der Waals surface area contributed by atoms with Gasteiger partial charge in [-0.3, -0.25) is 0 Å². The topological polar surface area (TPSA) is 35.2 Å². The van der Waals surface area contributed by atoms with Crippen molar-refractivity contribution in [3.8, 4) is 5.75 Å². The summed E-state index contributed by atoms with van der Waals surface area (Å²) >= 11 is 3.53. The lowest BCUT2D eigenvalue weighted by molar-refractivity contribution is 0.411. The van der Waals surface area contributed by atoms with Crippen LogP contribution in [0, 0.1) is 20.8 Å². The summed E-state index contributed by atoms with van der Waals surface area (Å²) in [5, 5.41) is 0. The number of halogens is 1. The van der Waals surface area contributed by atoms with Crippen LogP contribution in [0.4, 0.5) is 0 Å². The van der Waals surface area contributed by atoms with Crippen molar-refractivity contribution in [1.82, 2.24) is 0 Å². The molecule has 0 aliphatic rings. The van der Waals surface area contributed by atoms with Crippen molar-refractivity contribution in [3.63, 3.8) is 0 Å². The molecule has 0 fully saturated rings. The predicted molar refractivity (Wildman–Crippen MR) is 87.4 cm³/mol. The van der Waals surface area contributed by atoms with E-state index in [-0.39, 0.29) is 6.04 Å². The van der Waals surface area contributed by atoms with Crippen LogP contribution in [0.2, 0.25) is 0 Å². The van der Waals surface area contributed by atoms with E-state index in [1.54, 1.807) is 7.11 Å². The molecule has 3 heteroatoms. The molecular formula is C17H20BrNO. The van der Waals surface area contributed by atoms with Gasteiger partial charge < -0.3 is 10.5 Å². The first-order valence-corrected chi connectivity index (χ1v) is 7.39. The summed E-state index contributed by atoms with van der Waals surface area (Å²) in [6.07, 6.45) is 0. The Morgan fingerprint density at radius 2 is 1.70 bits per heavy atom. The molecule has 0 aromatic heterocycles. The number of hydrogen-bond acceptors (Lipinski definition) is 2. The van der Waals surface area contributed by atoms with Crippen molar-refractivity contribution in [3.05, 3.63) is 62.6 Å². The SMILES string of the molecule is COc1cc(C)c(C(N)c2cc(C)cc(Br)c2)cc1C. The average molecular weight is 334 g/mol. The lowest BCUT2D eigenvalue weighted by atomic mass is 9.93. The molecule has 2 N–H and O–H groups in total. The van der Waals surface area contributed by atoms with Gasteiger partial charge in [-0.05, 0) is 66.8 Å². The zero-order valence-electron chi connectivity index (χ0n) is 12.3. The molecule has 2 rings (SSSR count). The Morgan fingerprint density at radius 3 is 2.30 bits per heavy atom. The third-order valence-corrected chi connectivity index (χ3v) is 4.00. The van der Waals surface area contributed by atoms with Gasteiger partial charge in [-0.2, -0.15) is 0 Å². The van der Waals surface area contributed by atoms with E-state index in [1.165, 1.54) is 5.56 Å². The van der Waals surface area contributed by atoms with Gasteiger partial charge >= 0.3 is 0 Å². The number of aryl methyl sites for hydroxylation is 3. The lowest BCUT2D eigenvalue weighted by Gasteiger charge is -2.18. The van der Waals surface area contributed by atoms with Crippen molar-refractivity contribution in [2.45, 2.75) is 26.8 Å². The van der Waals surface area contributed by atoms with Crippen LogP contribution < -0.4 is 10.5 Å². The second kappa shape index (κ2) is 5.98. The summed E-state index contributed by atoms with van der Waals surface area (Å²) in [5.74, 6) is 0.906. The summed E-state index contributed by atoms with van der Waals surface area (Å²) in [6.45, 7) is 6.19. The molecule has 1 unspecified atom stereocenters. The first kappa shape index (κ1) is 15.1. The normalized spacial score (nSPS) is 12.3. The maximum atomic E-state index is 6.45. The molecule has 0 radical (unpaired) electrons. The highest BCUT2D eigenvalue weighted by Crippen LogP contribution is 2.30. The van der Waals surface area contributed by atoms with Crippen LogP contribution in [-0.2, 0) is 0 Å². The Balaban J connectivity index is 2.47. The zero-order chi connectivity index (χ0) is 14.9. The Kier molecular flexibility index (Phi) is 4.51. The van der Waals surface area contributed by atoms with Crippen LogP contribution in [0.25, 0.3) is 0 Å². The van der Waals surface area contributed by atoms with Gasteiger partial charge in [0, 0.05) is 4.47 Å². The molecule has 2 aromatic rings. The molecule has 106 valence electrons. The van der Waals surface area contributed by atoms with Gasteiger partial charge in [-0.15, -0.1) is 0 Å². The van der Waals surface area contributed by atoms with Gasteiger partial charge in [-0.25, -0.2) is 0 Å². The van der Waals surface area contributed by atoms with E-state index in [1.807, 2.05) is 6.92 Å². The molecule has 0 saturated heterocycles. The van der Waals surface area contributed by atoms with Crippen LogP contribution in [0.15, 0.2) is 34.8 Å². The third-order valence-electron chi connectivity index (χ3n) is 3.54. The van der Waals surface area contributed by atoms with Crippen molar-refractivity contribution < 1.29 is 4.74 Å². The van der Waals surface area contributed by atoms with E-state index in [0.717, 1.165) is 32.5 Å². The molecule has 20 heavy (non-hydrogen) atoms. The van der Waals surface area contributed by atoms with E-state index in [2.05, 4.69) is 60.1 Å². The molecule has 0 aliphatic carbocycles. The van der Waals surface area contributed by atoms with Crippen molar-refractivity contribution in [1.29, 1.82) is 0 Å². The zero-order valence-corrected chi connectivity index (χ0v) is 13.9. The third kappa shape index (κ3) is 3.05. The molecule has 0 amide bonds. The van der Waals surface area contributed by atoms with Crippen LogP contribution >= 0.6 is 15.9 Å². The molecule has 2 nitrogen and oxygen atoms in total. The number of nitrogens with two attached hydrogens (primary N) is 1. The van der Waals surface area contributed by atoms with Gasteiger partial charge in [0.25, 0.3) is 0 Å². The van der Waals surface area contributed by atoms with E-state index < -0.39 is 0 Å². The maximum absolute atomic E-state index is 6.45. The first-order valence-electron chi connectivity index (χ1n) is 6.60. The summed E-state index contributed by atoms with van der Waals surface area (Å²) < 4.78 is 6.42. The van der Waals surface area contributed by atoms with Gasteiger partial charge in [-0.1, -0.05) is 28.1 Å². The van der Waals surface area contributed by atoms with Gasteiger partial charge in [0.15, 0.2) is 0 Å². The monoisotopic (exact) mass is 333 g/mol. The van der Waals surface area contributed by atoms with Crippen molar-refractivity contribution >= 4 is 15.9 Å². The Morgan fingerprint density at radius 1 is 1.00 bits per heavy atom. The van der Waals surface area contributed by atoms with E-state index >= 15 is 0 Å². The molecule has 0 heterocycles. The lowest BCUT2D eigenvalue weighted by Crippen LogP contribution is -2.14. The van der Waals surface area contributed by atoms with E-state index in [9.17, 15) is 0 Å². The summed E-state index contributed by atoms with van der Waals surface area (Å²) in [6, 6.07) is 10.3. The molecule has 0 aliphatic heterocycles. The first-order chi connectivity index (χ1) is 9.42. The molecule has 0 saturated carbocycles. The predicted octanol–water partition coefficient (Wildman–Crippen LogP) is 4.43. The van der Waals surface area contributed by atoms with Gasteiger partial charge in [0.1, 0.15) is 5.75 Å². The fourth-order valence-electron chi connectivity index (χ4n) is 2.49. The van der Waals surface area contributed by atoms with Crippen molar-refractivity contribution in [2.24, 2.45) is 5.73 Å². The minimum Gasteiger partial charge on any atom is -0.496 e. The van der Waals surface area contributed by atoms with Gasteiger partial charge in [0.2, 0.25) is 0 Å². The van der Waals surface area contributed by atoms with E-state index in [4.69, 9.17) is 10.5 Å². The highest BCUT2D eigenvalue weighted by Gasteiger charge is 2.14. The quantitative estimate of drug-likeness (QED) is 0.901. The molecular weight excluding hydrogens is 314 g/mol. The highest BCUT2D eigenvalue weighted by atomic mass is 79.9.